The summed E-state index contributed by atoms with van der Waals surface area (Å²) >= 11 is 13.7. The van der Waals surface area contributed by atoms with Crippen LogP contribution in [0.5, 0.6) is 11.5 Å². The summed E-state index contributed by atoms with van der Waals surface area (Å²) < 4.78 is 11.2. The van der Waals surface area contributed by atoms with Crippen LogP contribution >= 0.6 is 34.5 Å². The fourth-order valence-corrected chi connectivity index (χ4v) is 3.49. The molecule has 0 aliphatic carbocycles. The summed E-state index contributed by atoms with van der Waals surface area (Å²) in [6.45, 7) is 2.02. The molecule has 29 heavy (non-hydrogen) atoms. The number of aromatic nitrogens is 2. The maximum absolute atomic E-state index is 12.0. The summed E-state index contributed by atoms with van der Waals surface area (Å²) in [4.78, 5) is 12.0. The van der Waals surface area contributed by atoms with Crippen molar-refractivity contribution in [3.63, 3.8) is 0 Å². The highest BCUT2D eigenvalue weighted by Crippen LogP contribution is 2.31. The third kappa shape index (κ3) is 5.69. The lowest BCUT2D eigenvalue weighted by molar-refractivity contribution is -0.111. The average Bonchev–Trinajstić information content (AvgIpc) is 3.11. The van der Waals surface area contributed by atoms with Crippen LogP contribution in [-0.2, 0) is 11.4 Å². The van der Waals surface area contributed by atoms with Gasteiger partial charge in [-0.1, -0.05) is 46.7 Å². The molecule has 6 nitrogen and oxygen atoms in total. The van der Waals surface area contributed by atoms with Crippen molar-refractivity contribution in [1.29, 1.82) is 0 Å². The van der Waals surface area contributed by atoms with Crippen LogP contribution < -0.4 is 14.8 Å². The molecule has 150 valence electrons. The van der Waals surface area contributed by atoms with Gasteiger partial charge >= 0.3 is 0 Å². The van der Waals surface area contributed by atoms with Crippen molar-refractivity contribution in [2.45, 2.75) is 13.5 Å². The largest absolute Gasteiger partial charge is 0.493 e. The third-order valence-corrected chi connectivity index (χ3v) is 5.27. The van der Waals surface area contributed by atoms with Crippen LogP contribution in [-0.4, -0.2) is 23.2 Å². The van der Waals surface area contributed by atoms with Crippen LogP contribution in [0.15, 0.2) is 42.5 Å². The van der Waals surface area contributed by atoms with Crippen LogP contribution in [0.2, 0.25) is 10.0 Å². The number of carbonyl (C=O) groups is 1. The molecule has 0 aliphatic heterocycles. The Morgan fingerprint density at radius 2 is 1.93 bits per heavy atom. The highest BCUT2D eigenvalue weighted by Gasteiger charge is 2.10. The van der Waals surface area contributed by atoms with Crippen molar-refractivity contribution in [2.75, 3.05) is 12.4 Å². The van der Waals surface area contributed by atoms with E-state index < -0.39 is 0 Å². The highest BCUT2D eigenvalue weighted by atomic mass is 35.5. The molecule has 9 heteroatoms. The number of hydrogen-bond acceptors (Lipinski definition) is 6. The number of nitrogens with one attached hydrogen (secondary N) is 1. The first kappa shape index (κ1) is 21.1. The standard InChI is InChI=1S/C20H17Cl2N3O3S/c1-12-24-25-20(29-12)23-19(26)9-7-13-6-8-17(18(10-13)27-2)28-11-14-15(21)4-3-5-16(14)22/h3-10H,11H2,1-2H3,(H,23,25,26). The molecule has 0 aliphatic rings. The highest BCUT2D eigenvalue weighted by molar-refractivity contribution is 7.15. The molecule has 1 heterocycles. The first-order valence-electron chi connectivity index (χ1n) is 8.49. The average molecular weight is 450 g/mol. The van der Waals surface area contributed by atoms with Gasteiger partial charge in [-0.15, -0.1) is 10.2 Å². The van der Waals surface area contributed by atoms with E-state index in [4.69, 9.17) is 32.7 Å². The molecule has 3 aromatic rings. The molecule has 0 atom stereocenters. The van der Waals surface area contributed by atoms with Gasteiger partial charge in [-0.05, 0) is 42.8 Å². The summed E-state index contributed by atoms with van der Waals surface area (Å²) in [6.07, 6.45) is 3.08. The molecule has 2 aromatic carbocycles. The van der Waals surface area contributed by atoms with Gasteiger partial charge in [0.05, 0.1) is 7.11 Å². The zero-order chi connectivity index (χ0) is 20.8. The van der Waals surface area contributed by atoms with Gasteiger partial charge in [0.2, 0.25) is 11.0 Å². The molecule has 0 bridgehead atoms. The number of anilines is 1. The van der Waals surface area contributed by atoms with Gasteiger partial charge < -0.3 is 9.47 Å². The molecule has 3 rings (SSSR count). The smallest absolute Gasteiger partial charge is 0.250 e. The lowest BCUT2D eigenvalue weighted by Gasteiger charge is -2.13. The molecule has 0 fully saturated rings. The molecule has 1 aromatic heterocycles. The van der Waals surface area contributed by atoms with E-state index in [0.717, 1.165) is 10.6 Å². The number of nitrogens with zero attached hydrogens (tertiary/aromatic N) is 2. The Morgan fingerprint density at radius 1 is 1.17 bits per heavy atom. The summed E-state index contributed by atoms with van der Waals surface area (Å²) in [5.41, 5.74) is 1.47. The minimum absolute atomic E-state index is 0.202. The molecule has 0 spiro atoms. The second-order valence-corrected chi connectivity index (χ2v) is 7.84. The fourth-order valence-electron chi connectivity index (χ4n) is 2.39. The molecular formula is C20H17Cl2N3O3S. The van der Waals surface area contributed by atoms with Crippen molar-refractivity contribution < 1.29 is 14.3 Å². The van der Waals surface area contributed by atoms with Gasteiger partial charge in [-0.3, -0.25) is 10.1 Å². The lowest BCUT2D eigenvalue weighted by Crippen LogP contribution is -2.07. The molecule has 0 saturated carbocycles. The first-order chi connectivity index (χ1) is 14.0. The molecule has 1 N–H and O–H groups in total. The van der Waals surface area contributed by atoms with E-state index in [2.05, 4.69) is 15.5 Å². The zero-order valence-electron chi connectivity index (χ0n) is 15.6. The quantitative estimate of drug-likeness (QED) is 0.489. The third-order valence-electron chi connectivity index (χ3n) is 3.80. The zero-order valence-corrected chi connectivity index (χ0v) is 17.9. The summed E-state index contributed by atoms with van der Waals surface area (Å²) in [5, 5.41) is 12.7. The lowest BCUT2D eigenvalue weighted by atomic mass is 10.2. The maximum atomic E-state index is 12.0. The number of halogens is 2. The first-order valence-corrected chi connectivity index (χ1v) is 10.1. The van der Waals surface area contributed by atoms with Gasteiger partial charge in [0, 0.05) is 21.7 Å². The van der Waals surface area contributed by atoms with E-state index in [-0.39, 0.29) is 12.5 Å². The van der Waals surface area contributed by atoms with Gasteiger partial charge in [0.15, 0.2) is 11.5 Å². The predicted octanol–water partition coefficient (Wildman–Crippen LogP) is 5.39. The number of hydrogen-bond donors (Lipinski definition) is 1. The van der Waals surface area contributed by atoms with E-state index in [9.17, 15) is 4.79 Å². The number of amides is 1. The van der Waals surface area contributed by atoms with E-state index in [0.29, 0.717) is 32.2 Å². The van der Waals surface area contributed by atoms with Crippen LogP contribution in [0.4, 0.5) is 5.13 Å². The molecule has 0 radical (unpaired) electrons. The minimum Gasteiger partial charge on any atom is -0.493 e. The second kappa shape index (κ2) is 9.73. The SMILES string of the molecule is COc1cc(C=CC(=O)Nc2nnc(C)s2)ccc1OCc1c(Cl)cccc1Cl. The molecule has 0 unspecified atom stereocenters. The molecule has 1 amide bonds. The number of benzene rings is 2. The number of carbonyl (C=O) groups excluding carboxylic acids is 1. The second-order valence-electron chi connectivity index (χ2n) is 5.85. The number of ether oxygens (including phenoxy) is 2. The maximum Gasteiger partial charge on any atom is 0.250 e. The van der Waals surface area contributed by atoms with E-state index in [1.807, 2.05) is 13.0 Å². The van der Waals surface area contributed by atoms with E-state index in [1.54, 1.807) is 43.5 Å². The van der Waals surface area contributed by atoms with E-state index >= 15 is 0 Å². The van der Waals surface area contributed by atoms with Gasteiger partial charge in [0.1, 0.15) is 11.6 Å². The summed E-state index contributed by atoms with van der Waals surface area (Å²) in [6, 6.07) is 10.6. The molecule has 0 saturated heterocycles. The van der Waals surface area contributed by atoms with Crippen molar-refractivity contribution in [3.05, 3.63) is 68.7 Å². The Morgan fingerprint density at radius 3 is 2.59 bits per heavy atom. The van der Waals surface area contributed by atoms with Crippen LogP contribution in [0.3, 0.4) is 0 Å². The van der Waals surface area contributed by atoms with Crippen LogP contribution in [0, 0.1) is 6.92 Å². The monoisotopic (exact) mass is 449 g/mol. The van der Waals surface area contributed by atoms with Crippen molar-refractivity contribution in [1.82, 2.24) is 10.2 Å². The number of aryl methyl sites for hydroxylation is 1. The Kier molecular flexibility index (Phi) is 7.09. The Balaban J connectivity index is 1.67. The summed E-state index contributed by atoms with van der Waals surface area (Å²) in [7, 11) is 1.54. The van der Waals surface area contributed by atoms with Crippen molar-refractivity contribution in [2.24, 2.45) is 0 Å². The van der Waals surface area contributed by atoms with Gasteiger partial charge in [-0.25, -0.2) is 0 Å². The van der Waals surface area contributed by atoms with Gasteiger partial charge in [-0.2, -0.15) is 0 Å². The normalized spacial score (nSPS) is 10.9. The topological polar surface area (TPSA) is 73.3 Å². The Bertz CT molecular complexity index is 1030. The number of methoxy groups -OCH3 is 1. The fraction of sp³-hybridized carbons (Fsp3) is 0.150. The van der Waals surface area contributed by atoms with E-state index in [1.165, 1.54) is 17.4 Å². The van der Waals surface area contributed by atoms with Crippen LogP contribution in [0.1, 0.15) is 16.1 Å². The molecular weight excluding hydrogens is 433 g/mol. The number of rotatable bonds is 7. The predicted molar refractivity (Wildman–Crippen MR) is 116 cm³/mol. The minimum atomic E-state index is -0.297. The summed E-state index contributed by atoms with van der Waals surface area (Å²) in [5.74, 6) is 0.763. The van der Waals surface area contributed by atoms with Gasteiger partial charge in [0.25, 0.3) is 0 Å². The van der Waals surface area contributed by atoms with Crippen LogP contribution in [0.25, 0.3) is 6.08 Å². The Labute approximate surface area is 182 Å². The Hall–Kier alpha value is -2.61. The van der Waals surface area contributed by atoms with Crippen molar-refractivity contribution in [3.8, 4) is 11.5 Å². The van der Waals surface area contributed by atoms with Crippen molar-refractivity contribution >= 4 is 51.7 Å².